The molecule has 1 fully saturated rings. The molecule has 1 aliphatic carbocycles. The first-order valence-electron chi connectivity index (χ1n) is 9.96. The van der Waals surface area contributed by atoms with E-state index in [1.54, 1.807) is 7.11 Å². The molecule has 1 aromatic heterocycles. The largest absolute Gasteiger partial charge is 0.496 e. The summed E-state index contributed by atoms with van der Waals surface area (Å²) in [6, 6.07) is 7.87. The molecule has 1 amide bonds. The van der Waals surface area contributed by atoms with Crippen LogP contribution in [0.3, 0.4) is 0 Å². The molecule has 1 aromatic carbocycles. The second-order valence-corrected chi connectivity index (χ2v) is 7.62. The third kappa shape index (κ3) is 3.40. The topological polar surface area (TPSA) is 76.1 Å². The zero-order chi connectivity index (χ0) is 18.8. The Morgan fingerprint density at radius 3 is 2.48 bits per heavy atom. The number of carbonyl (C=O) groups excluding carboxylic acids is 1. The van der Waals surface area contributed by atoms with Gasteiger partial charge in [-0.1, -0.05) is 50.3 Å². The van der Waals surface area contributed by atoms with Gasteiger partial charge in [-0.15, -0.1) is 0 Å². The molecule has 0 spiro atoms. The number of aromatic amines is 1. The van der Waals surface area contributed by atoms with E-state index in [1.165, 1.54) is 19.3 Å². The maximum Gasteiger partial charge on any atom is 0.270 e. The Hall–Kier alpha value is -2.50. The number of rotatable bonds is 3. The number of H-pyrrole nitrogens is 1. The second kappa shape index (κ2) is 7.62. The van der Waals surface area contributed by atoms with Crippen molar-refractivity contribution >= 4 is 11.7 Å². The van der Waals surface area contributed by atoms with Crippen molar-refractivity contribution in [2.75, 3.05) is 12.4 Å². The highest BCUT2D eigenvalue weighted by molar-refractivity contribution is 5.94. The summed E-state index contributed by atoms with van der Waals surface area (Å²) in [6.45, 7) is 0. The van der Waals surface area contributed by atoms with E-state index in [0.717, 1.165) is 31.2 Å². The molecule has 2 N–H and O–H groups in total. The quantitative estimate of drug-likeness (QED) is 0.860. The Kier molecular flexibility index (Phi) is 5.05. The van der Waals surface area contributed by atoms with E-state index < -0.39 is 0 Å². The number of ether oxygens (including phenoxy) is 1. The van der Waals surface area contributed by atoms with Crippen LogP contribution >= 0.6 is 0 Å². The Bertz CT molecular complexity index is 875. The van der Waals surface area contributed by atoms with Crippen molar-refractivity contribution < 1.29 is 9.53 Å². The molecule has 0 saturated heterocycles. The van der Waals surface area contributed by atoms with Crippen LogP contribution in [0.4, 0.5) is 5.82 Å². The highest BCUT2D eigenvalue weighted by atomic mass is 16.5. The van der Waals surface area contributed by atoms with Crippen LogP contribution in [0.1, 0.15) is 74.5 Å². The number of amides is 1. The first kappa shape index (κ1) is 17.9. The van der Waals surface area contributed by atoms with E-state index in [-0.39, 0.29) is 29.8 Å². The second-order valence-electron chi connectivity index (χ2n) is 7.62. The maximum absolute atomic E-state index is 12.9. The van der Waals surface area contributed by atoms with Gasteiger partial charge in [0.25, 0.3) is 5.56 Å². The van der Waals surface area contributed by atoms with E-state index in [9.17, 15) is 9.59 Å². The number of nitrogens with zero attached hydrogens (tertiary/aromatic N) is 1. The van der Waals surface area contributed by atoms with Gasteiger partial charge in [0, 0.05) is 17.9 Å². The molecule has 2 aliphatic rings. The van der Waals surface area contributed by atoms with Crippen LogP contribution in [0, 0.1) is 0 Å². The Morgan fingerprint density at radius 2 is 1.74 bits per heavy atom. The number of aromatic nitrogens is 2. The molecule has 6 nitrogen and oxygen atoms in total. The zero-order valence-corrected chi connectivity index (χ0v) is 15.8. The number of hydrogen-bond donors (Lipinski definition) is 2. The van der Waals surface area contributed by atoms with Gasteiger partial charge in [0.15, 0.2) is 0 Å². The molecule has 0 bridgehead atoms. The molecule has 4 rings (SSSR count). The summed E-state index contributed by atoms with van der Waals surface area (Å²) in [5.74, 6) is 1.01. The predicted molar refractivity (Wildman–Crippen MR) is 104 cm³/mol. The average molecular weight is 369 g/mol. The fourth-order valence-electron chi connectivity index (χ4n) is 4.57. The average Bonchev–Trinajstić information content (AvgIpc) is 2.97. The summed E-state index contributed by atoms with van der Waals surface area (Å²) in [6.07, 6.45) is 8.40. The predicted octanol–water partition coefficient (Wildman–Crippen LogP) is 3.94. The van der Waals surface area contributed by atoms with E-state index in [4.69, 9.17) is 4.74 Å². The van der Waals surface area contributed by atoms with Crippen molar-refractivity contribution in [2.45, 2.75) is 63.3 Å². The lowest BCUT2D eigenvalue weighted by Crippen LogP contribution is -2.27. The SMILES string of the molecule is COc1ccccc1[C@@H]1CC(=O)Nc2c1c(=O)[nH]n2C1CCCCCCC1. The lowest BCUT2D eigenvalue weighted by molar-refractivity contribution is -0.116. The molecule has 1 atom stereocenters. The molecule has 2 aromatic rings. The summed E-state index contributed by atoms with van der Waals surface area (Å²) in [7, 11) is 1.62. The van der Waals surface area contributed by atoms with Gasteiger partial charge in [-0.25, -0.2) is 0 Å². The third-order valence-electron chi connectivity index (χ3n) is 5.91. The lowest BCUT2D eigenvalue weighted by Gasteiger charge is -2.27. The van der Waals surface area contributed by atoms with Gasteiger partial charge >= 0.3 is 0 Å². The summed E-state index contributed by atoms with van der Waals surface area (Å²) in [5.41, 5.74) is 1.43. The van der Waals surface area contributed by atoms with Gasteiger partial charge in [0.2, 0.25) is 5.91 Å². The summed E-state index contributed by atoms with van der Waals surface area (Å²) in [5, 5.41) is 6.01. The third-order valence-corrected chi connectivity index (χ3v) is 5.91. The van der Waals surface area contributed by atoms with Crippen LogP contribution in [-0.2, 0) is 4.79 Å². The minimum absolute atomic E-state index is 0.0583. The van der Waals surface area contributed by atoms with Crippen molar-refractivity contribution in [1.29, 1.82) is 0 Å². The number of para-hydroxylation sites is 1. The standard InChI is InChI=1S/C21H27N3O3/c1-27-17-12-8-7-11-15(17)16-13-18(25)22-20-19(16)21(26)23-24(20)14-9-5-3-2-4-6-10-14/h7-8,11-12,14,16H,2-6,9-10,13H2,1H3,(H,22,25)(H,23,26)/t16-/m0/s1. The minimum atomic E-state index is -0.288. The first-order chi connectivity index (χ1) is 13.2. The first-order valence-corrected chi connectivity index (χ1v) is 9.96. The molecule has 27 heavy (non-hydrogen) atoms. The number of nitrogens with one attached hydrogen (secondary N) is 2. The van der Waals surface area contributed by atoms with Crippen LogP contribution < -0.4 is 15.6 Å². The zero-order valence-electron chi connectivity index (χ0n) is 15.8. The number of hydrogen-bond acceptors (Lipinski definition) is 3. The molecule has 6 heteroatoms. The summed E-state index contributed by atoms with van der Waals surface area (Å²) >= 11 is 0. The van der Waals surface area contributed by atoms with Crippen molar-refractivity contribution in [3.8, 4) is 5.75 Å². The van der Waals surface area contributed by atoms with Gasteiger partial charge < -0.3 is 10.1 Å². The Morgan fingerprint density at radius 1 is 1.04 bits per heavy atom. The minimum Gasteiger partial charge on any atom is -0.496 e. The van der Waals surface area contributed by atoms with Gasteiger partial charge in [-0.05, 0) is 18.9 Å². The number of carbonyl (C=O) groups is 1. The molecule has 0 radical (unpaired) electrons. The monoisotopic (exact) mass is 369 g/mol. The van der Waals surface area contributed by atoms with E-state index in [1.807, 2.05) is 28.9 Å². The van der Waals surface area contributed by atoms with Crippen molar-refractivity contribution in [3.05, 3.63) is 45.7 Å². The number of methoxy groups -OCH3 is 1. The fraction of sp³-hybridized carbons (Fsp3) is 0.524. The molecule has 1 aliphatic heterocycles. The maximum atomic E-state index is 12.9. The lowest BCUT2D eigenvalue weighted by atomic mass is 9.86. The smallest absolute Gasteiger partial charge is 0.270 e. The summed E-state index contributed by atoms with van der Waals surface area (Å²) < 4.78 is 7.42. The molecule has 144 valence electrons. The van der Waals surface area contributed by atoms with Crippen LogP contribution in [0.5, 0.6) is 5.75 Å². The van der Waals surface area contributed by atoms with Crippen LogP contribution in [0.15, 0.2) is 29.1 Å². The van der Waals surface area contributed by atoms with Crippen molar-refractivity contribution in [1.82, 2.24) is 9.78 Å². The van der Waals surface area contributed by atoms with E-state index in [2.05, 4.69) is 10.4 Å². The number of fused-ring (bicyclic) bond motifs is 1. The fourth-order valence-corrected chi connectivity index (χ4v) is 4.57. The summed E-state index contributed by atoms with van der Waals surface area (Å²) in [4.78, 5) is 25.4. The van der Waals surface area contributed by atoms with Crippen LogP contribution in [-0.4, -0.2) is 22.8 Å². The van der Waals surface area contributed by atoms with E-state index >= 15 is 0 Å². The van der Waals surface area contributed by atoms with Crippen LogP contribution in [0.2, 0.25) is 0 Å². The molecular formula is C21H27N3O3. The number of benzene rings is 1. The Balaban J connectivity index is 1.78. The van der Waals surface area contributed by atoms with Crippen molar-refractivity contribution in [2.24, 2.45) is 0 Å². The van der Waals surface area contributed by atoms with Crippen LogP contribution in [0.25, 0.3) is 0 Å². The Labute approximate surface area is 158 Å². The molecule has 1 saturated carbocycles. The molecular weight excluding hydrogens is 342 g/mol. The highest BCUT2D eigenvalue weighted by Crippen LogP contribution is 2.40. The van der Waals surface area contributed by atoms with Gasteiger partial charge in [0.05, 0.1) is 18.7 Å². The molecule has 2 heterocycles. The van der Waals surface area contributed by atoms with Gasteiger partial charge in [-0.2, -0.15) is 0 Å². The van der Waals surface area contributed by atoms with Gasteiger partial charge in [0.1, 0.15) is 11.6 Å². The van der Waals surface area contributed by atoms with Crippen molar-refractivity contribution in [3.63, 3.8) is 0 Å². The normalized spacial score (nSPS) is 21.1. The van der Waals surface area contributed by atoms with E-state index in [0.29, 0.717) is 17.1 Å². The number of anilines is 1. The molecule has 0 unspecified atom stereocenters. The highest BCUT2D eigenvalue weighted by Gasteiger charge is 2.35. The van der Waals surface area contributed by atoms with Gasteiger partial charge in [-0.3, -0.25) is 19.4 Å².